The molecule has 4 nitrogen and oxygen atoms in total. The molecule has 10 heavy (non-hydrogen) atoms. The molecule has 2 N–H and O–H groups in total. The van der Waals surface area contributed by atoms with E-state index in [1.165, 1.54) is 0 Å². The van der Waals surface area contributed by atoms with Crippen molar-refractivity contribution >= 4 is 0 Å². The van der Waals surface area contributed by atoms with Gasteiger partial charge in [0.25, 0.3) is 0 Å². The molecule has 1 aromatic heterocycles. The standard InChI is InChI=1S/C6H11N3O/c1-5-6(4-10-7)3-9(2)8-5/h3H,4,7H2,1-2H3. The monoisotopic (exact) mass is 141 g/mol. The molecule has 0 bridgehead atoms. The highest BCUT2D eigenvalue weighted by Crippen LogP contribution is 2.04. The van der Waals surface area contributed by atoms with Gasteiger partial charge in [0.15, 0.2) is 0 Å². The van der Waals surface area contributed by atoms with Crippen LogP contribution in [0, 0.1) is 6.92 Å². The summed E-state index contributed by atoms with van der Waals surface area (Å²) in [6.45, 7) is 2.36. The second-order valence-corrected chi connectivity index (χ2v) is 2.22. The molecule has 0 atom stereocenters. The molecule has 0 aromatic carbocycles. The lowest BCUT2D eigenvalue weighted by molar-refractivity contribution is 0.123. The van der Waals surface area contributed by atoms with Gasteiger partial charge in [-0.2, -0.15) is 5.10 Å². The molecule has 4 heteroatoms. The van der Waals surface area contributed by atoms with Crippen molar-refractivity contribution < 1.29 is 4.84 Å². The summed E-state index contributed by atoms with van der Waals surface area (Å²) < 4.78 is 1.74. The molecule has 0 unspecified atom stereocenters. The van der Waals surface area contributed by atoms with Crippen LogP contribution in [0.3, 0.4) is 0 Å². The van der Waals surface area contributed by atoms with Crippen LogP contribution in [0.5, 0.6) is 0 Å². The van der Waals surface area contributed by atoms with E-state index >= 15 is 0 Å². The van der Waals surface area contributed by atoms with E-state index in [0.29, 0.717) is 6.61 Å². The highest BCUT2D eigenvalue weighted by atomic mass is 16.6. The maximum atomic E-state index is 4.90. The third-order valence-corrected chi connectivity index (χ3v) is 1.35. The molecule has 0 saturated carbocycles. The Morgan fingerprint density at radius 3 is 2.90 bits per heavy atom. The van der Waals surface area contributed by atoms with E-state index in [2.05, 4.69) is 9.94 Å². The maximum absolute atomic E-state index is 4.90. The minimum absolute atomic E-state index is 0.430. The summed E-state index contributed by atoms with van der Waals surface area (Å²) in [7, 11) is 1.87. The zero-order valence-corrected chi connectivity index (χ0v) is 6.16. The Morgan fingerprint density at radius 1 is 1.80 bits per heavy atom. The van der Waals surface area contributed by atoms with Crippen LogP contribution in [-0.4, -0.2) is 9.78 Å². The Labute approximate surface area is 59.5 Å². The van der Waals surface area contributed by atoms with E-state index in [9.17, 15) is 0 Å². The van der Waals surface area contributed by atoms with E-state index in [1.54, 1.807) is 4.68 Å². The normalized spacial score (nSPS) is 10.3. The minimum Gasteiger partial charge on any atom is -0.300 e. The topological polar surface area (TPSA) is 53.1 Å². The molecule has 0 aliphatic heterocycles. The van der Waals surface area contributed by atoms with Crippen LogP contribution in [-0.2, 0) is 18.5 Å². The first-order valence-electron chi connectivity index (χ1n) is 3.05. The van der Waals surface area contributed by atoms with Crippen molar-refractivity contribution in [1.29, 1.82) is 0 Å². The van der Waals surface area contributed by atoms with Crippen molar-refractivity contribution in [3.05, 3.63) is 17.5 Å². The Hall–Kier alpha value is -0.870. The van der Waals surface area contributed by atoms with Gasteiger partial charge in [-0.05, 0) is 6.92 Å². The fourth-order valence-corrected chi connectivity index (χ4v) is 0.880. The van der Waals surface area contributed by atoms with Crippen molar-refractivity contribution in [2.24, 2.45) is 12.9 Å². The van der Waals surface area contributed by atoms with Gasteiger partial charge in [0, 0.05) is 18.8 Å². The molecule has 0 saturated heterocycles. The largest absolute Gasteiger partial charge is 0.300 e. The van der Waals surface area contributed by atoms with Gasteiger partial charge in [-0.1, -0.05) is 0 Å². The molecule has 1 heterocycles. The zero-order chi connectivity index (χ0) is 7.56. The molecule has 0 aliphatic rings. The van der Waals surface area contributed by atoms with Crippen LogP contribution < -0.4 is 5.90 Å². The molecule has 56 valence electrons. The number of aryl methyl sites for hydroxylation is 2. The van der Waals surface area contributed by atoms with Gasteiger partial charge in [0.2, 0.25) is 0 Å². The fourth-order valence-electron chi connectivity index (χ4n) is 0.880. The van der Waals surface area contributed by atoms with E-state index < -0.39 is 0 Å². The number of nitrogens with two attached hydrogens (primary N) is 1. The summed E-state index contributed by atoms with van der Waals surface area (Å²) in [5, 5.41) is 4.11. The Morgan fingerprint density at radius 2 is 2.50 bits per heavy atom. The van der Waals surface area contributed by atoms with Crippen molar-refractivity contribution in [1.82, 2.24) is 9.78 Å². The SMILES string of the molecule is Cc1nn(C)cc1CON. The number of hydrogen-bond acceptors (Lipinski definition) is 3. The highest BCUT2D eigenvalue weighted by Gasteiger charge is 2.00. The van der Waals surface area contributed by atoms with Crippen LogP contribution >= 0.6 is 0 Å². The number of aromatic nitrogens is 2. The van der Waals surface area contributed by atoms with Crippen molar-refractivity contribution in [3.8, 4) is 0 Å². The molecular formula is C6H11N3O. The summed E-state index contributed by atoms with van der Waals surface area (Å²) in [4.78, 5) is 4.47. The molecular weight excluding hydrogens is 130 g/mol. The third kappa shape index (κ3) is 1.34. The van der Waals surface area contributed by atoms with E-state index in [4.69, 9.17) is 5.90 Å². The van der Waals surface area contributed by atoms with Crippen LogP contribution in [0.4, 0.5) is 0 Å². The number of nitrogens with zero attached hydrogens (tertiary/aromatic N) is 2. The molecule has 1 aromatic rings. The fraction of sp³-hybridized carbons (Fsp3) is 0.500. The Kier molecular flexibility index (Phi) is 2.03. The second kappa shape index (κ2) is 2.81. The first-order chi connectivity index (χ1) is 4.74. The predicted octanol–water partition coefficient (Wildman–Crippen LogP) is 0.119. The van der Waals surface area contributed by atoms with E-state index in [0.717, 1.165) is 11.3 Å². The van der Waals surface area contributed by atoms with Crippen LogP contribution in [0.2, 0.25) is 0 Å². The summed E-state index contributed by atoms with van der Waals surface area (Å²) in [6.07, 6.45) is 1.89. The van der Waals surface area contributed by atoms with Gasteiger partial charge in [0.1, 0.15) is 0 Å². The highest BCUT2D eigenvalue weighted by molar-refractivity contribution is 5.13. The summed E-state index contributed by atoms with van der Waals surface area (Å²) in [5.74, 6) is 4.90. The van der Waals surface area contributed by atoms with Gasteiger partial charge < -0.3 is 0 Å². The van der Waals surface area contributed by atoms with Crippen molar-refractivity contribution in [2.45, 2.75) is 13.5 Å². The number of hydrogen-bond donors (Lipinski definition) is 1. The Bertz CT molecular complexity index is 219. The maximum Gasteiger partial charge on any atom is 0.0963 e. The minimum atomic E-state index is 0.430. The first-order valence-corrected chi connectivity index (χ1v) is 3.05. The van der Waals surface area contributed by atoms with Gasteiger partial charge in [0.05, 0.1) is 12.3 Å². The average Bonchev–Trinajstić information content (AvgIpc) is 2.13. The molecule has 0 amide bonds. The quantitative estimate of drug-likeness (QED) is 0.595. The number of rotatable bonds is 2. The zero-order valence-electron chi connectivity index (χ0n) is 6.16. The van der Waals surface area contributed by atoms with Crippen LogP contribution in [0.1, 0.15) is 11.3 Å². The molecule has 0 fully saturated rings. The summed E-state index contributed by atoms with van der Waals surface area (Å²) in [5.41, 5.74) is 2.00. The van der Waals surface area contributed by atoms with Gasteiger partial charge >= 0.3 is 0 Å². The van der Waals surface area contributed by atoms with E-state index in [1.807, 2.05) is 20.2 Å². The average molecular weight is 141 g/mol. The Balaban J connectivity index is 2.81. The van der Waals surface area contributed by atoms with Crippen molar-refractivity contribution in [2.75, 3.05) is 0 Å². The van der Waals surface area contributed by atoms with Gasteiger partial charge in [-0.25, -0.2) is 5.90 Å². The van der Waals surface area contributed by atoms with Crippen molar-refractivity contribution in [3.63, 3.8) is 0 Å². The third-order valence-electron chi connectivity index (χ3n) is 1.35. The molecule has 0 radical (unpaired) electrons. The van der Waals surface area contributed by atoms with Crippen LogP contribution in [0.15, 0.2) is 6.20 Å². The second-order valence-electron chi connectivity index (χ2n) is 2.22. The van der Waals surface area contributed by atoms with Gasteiger partial charge in [-0.15, -0.1) is 0 Å². The van der Waals surface area contributed by atoms with Crippen LogP contribution in [0.25, 0.3) is 0 Å². The lowest BCUT2D eigenvalue weighted by Gasteiger charge is -1.92. The lowest BCUT2D eigenvalue weighted by atomic mass is 10.3. The first kappa shape index (κ1) is 7.24. The molecule has 0 aliphatic carbocycles. The van der Waals surface area contributed by atoms with E-state index in [-0.39, 0.29) is 0 Å². The molecule has 0 spiro atoms. The smallest absolute Gasteiger partial charge is 0.0963 e. The summed E-state index contributed by atoms with van der Waals surface area (Å²) >= 11 is 0. The summed E-state index contributed by atoms with van der Waals surface area (Å²) in [6, 6.07) is 0. The van der Waals surface area contributed by atoms with Gasteiger partial charge in [-0.3, -0.25) is 9.52 Å². The predicted molar refractivity (Wildman–Crippen MR) is 36.9 cm³/mol. The lowest BCUT2D eigenvalue weighted by Crippen LogP contribution is -1.98. The molecule has 1 rings (SSSR count).